The minimum atomic E-state index is -0.231. The molecule has 0 aliphatic carbocycles. The number of para-hydroxylation sites is 1. The van der Waals surface area contributed by atoms with Crippen molar-refractivity contribution in [3.63, 3.8) is 0 Å². The average molecular weight is 381 g/mol. The maximum Gasteiger partial charge on any atom is 0.297 e. The van der Waals surface area contributed by atoms with Crippen LogP contribution < -0.4 is 15.0 Å². The number of aromatic nitrogens is 2. The highest BCUT2D eigenvalue weighted by atomic mass is 16.5. The Bertz CT molecular complexity index is 1100. The van der Waals surface area contributed by atoms with Gasteiger partial charge in [0, 0.05) is 18.3 Å². The SMILES string of the molecule is COc1ccc(C(C)=Nc2c(C)n(C)n(-c3ccccc3)c2=O)c(O)c1OC. The van der Waals surface area contributed by atoms with Gasteiger partial charge in [0.1, 0.15) is 0 Å². The van der Waals surface area contributed by atoms with E-state index in [2.05, 4.69) is 4.99 Å². The predicted molar refractivity (Wildman–Crippen MR) is 109 cm³/mol. The van der Waals surface area contributed by atoms with Gasteiger partial charge in [-0.15, -0.1) is 0 Å². The predicted octanol–water partition coefficient (Wildman–Crippen LogP) is 3.35. The Morgan fingerprint density at radius 1 is 1.07 bits per heavy atom. The molecule has 1 aromatic heterocycles. The molecular formula is C21H23N3O4. The monoisotopic (exact) mass is 381 g/mol. The van der Waals surface area contributed by atoms with Gasteiger partial charge in [0.25, 0.3) is 5.56 Å². The Morgan fingerprint density at radius 2 is 1.75 bits per heavy atom. The highest BCUT2D eigenvalue weighted by Crippen LogP contribution is 2.39. The van der Waals surface area contributed by atoms with Crippen molar-refractivity contribution in [3.8, 4) is 22.9 Å². The van der Waals surface area contributed by atoms with E-state index in [1.54, 1.807) is 28.4 Å². The van der Waals surface area contributed by atoms with E-state index in [0.717, 1.165) is 5.69 Å². The van der Waals surface area contributed by atoms with Gasteiger partial charge >= 0.3 is 0 Å². The van der Waals surface area contributed by atoms with Crippen LogP contribution in [-0.4, -0.2) is 34.4 Å². The first-order valence-electron chi connectivity index (χ1n) is 8.74. The van der Waals surface area contributed by atoms with Crippen molar-refractivity contribution in [2.45, 2.75) is 13.8 Å². The lowest BCUT2D eigenvalue weighted by Crippen LogP contribution is -2.19. The Hall–Kier alpha value is -3.48. The molecule has 146 valence electrons. The van der Waals surface area contributed by atoms with E-state index in [1.165, 1.54) is 14.2 Å². The maximum absolute atomic E-state index is 13.0. The van der Waals surface area contributed by atoms with Crippen LogP contribution in [0.5, 0.6) is 17.2 Å². The van der Waals surface area contributed by atoms with Gasteiger partial charge in [-0.3, -0.25) is 9.48 Å². The summed E-state index contributed by atoms with van der Waals surface area (Å²) in [5, 5.41) is 10.6. The number of hydrogen-bond donors (Lipinski definition) is 1. The molecule has 0 saturated carbocycles. The molecule has 0 unspecified atom stereocenters. The maximum atomic E-state index is 13.0. The Labute approximate surface area is 163 Å². The van der Waals surface area contributed by atoms with Crippen LogP contribution >= 0.6 is 0 Å². The Balaban J connectivity index is 2.14. The number of ether oxygens (including phenoxy) is 2. The summed E-state index contributed by atoms with van der Waals surface area (Å²) >= 11 is 0. The summed E-state index contributed by atoms with van der Waals surface area (Å²) in [5.41, 5.74) is 2.51. The molecule has 0 amide bonds. The van der Waals surface area contributed by atoms with E-state index in [1.807, 2.05) is 44.3 Å². The zero-order chi connectivity index (χ0) is 20.4. The normalized spacial score (nSPS) is 11.5. The summed E-state index contributed by atoms with van der Waals surface area (Å²) in [7, 11) is 4.76. The van der Waals surface area contributed by atoms with Gasteiger partial charge < -0.3 is 14.6 Å². The molecule has 28 heavy (non-hydrogen) atoms. The molecular weight excluding hydrogens is 358 g/mol. The average Bonchev–Trinajstić information content (AvgIpc) is 2.91. The van der Waals surface area contributed by atoms with E-state index in [4.69, 9.17) is 9.47 Å². The van der Waals surface area contributed by atoms with Crippen LogP contribution in [0.3, 0.4) is 0 Å². The van der Waals surface area contributed by atoms with Crippen molar-refractivity contribution in [2.24, 2.45) is 12.0 Å². The van der Waals surface area contributed by atoms with Gasteiger partial charge in [0.15, 0.2) is 17.2 Å². The fourth-order valence-electron chi connectivity index (χ4n) is 3.11. The third-order valence-electron chi connectivity index (χ3n) is 4.71. The number of hydrogen-bond acceptors (Lipinski definition) is 5. The number of aromatic hydroxyl groups is 1. The van der Waals surface area contributed by atoms with Crippen LogP contribution in [0.4, 0.5) is 5.69 Å². The zero-order valence-electron chi connectivity index (χ0n) is 16.6. The molecule has 7 heteroatoms. The molecule has 0 spiro atoms. The van der Waals surface area contributed by atoms with Gasteiger partial charge in [0.05, 0.1) is 25.6 Å². The number of rotatable bonds is 5. The second-order valence-corrected chi connectivity index (χ2v) is 6.30. The summed E-state index contributed by atoms with van der Waals surface area (Å²) < 4.78 is 13.8. The minimum Gasteiger partial charge on any atom is -0.504 e. The molecule has 7 nitrogen and oxygen atoms in total. The highest BCUT2D eigenvalue weighted by molar-refractivity contribution is 6.03. The number of nitrogens with zero attached hydrogens (tertiary/aromatic N) is 3. The van der Waals surface area contributed by atoms with Crippen molar-refractivity contribution in [1.82, 2.24) is 9.36 Å². The van der Waals surface area contributed by atoms with Crippen LogP contribution in [0.15, 0.2) is 52.3 Å². The lowest BCUT2D eigenvalue weighted by Gasteiger charge is -2.12. The lowest BCUT2D eigenvalue weighted by atomic mass is 10.1. The lowest BCUT2D eigenvalue weighted by molar-refractivity contribution is 0.333. The first-order valence-corrected chi connectivity index (χ1v) is 8.74. The van der Waals surface area contributed by atoms with Crippen LogP contribution in [0.25, 0.3) is 5.69 Å². The van der Waals surface area contributed by atoms with Crippen molar-refractivity contribution in [1.29, 1.82) is 0 Å². The van der Waals surface area contributed by atoms with E-state index in [-0.39, 0.29) is 17.1 Å². The molecule has 1 heterocycles. The van der Waals surface area contributed by atoms with Crippen LogP contribution in [-0.2, 0) is 7.05 Å². The van der Waals surface area contributed by atoms with Crippen molar-refractivity contribution >= 4 is 11.4 Å². The van der Waals surface area contributed by atoms with Crippen LogP contribution in [0.2, 0.25) is 0 Å². The highest BCUT2D eigenvalue weighted by Gasteiger charge is 2.19. The van der Waals surface area contributed by atoms with Crippen molar-refractivity contribution < 1.29 is 14.6 Å². The molecule has 0 atom stereocenters. The third-order valence-corrected chi connectivity index (χ3v) is 4.71. The molecule has 0 fully saturated rings. The second-order valence-electron chi connectivity index (χ2n) is 6.30. The molecule has 3 rings (SSSR count). The summed E-state index contributed by atoms with van der Waals surface area (Å²) in [5.74, 6) is 0.556. The van der Waals surface area contributed by atoms with Gasteiger partial charge in [-0.1, -0.05) is 18.2 Å². The van der Waals surface area contributed by atoms with E-state index in [9.17, 15) is 9.90 Å². The molecule has 0 radical (unpaired) electrons. The molecule has 3 aromatic rings. The largest absolute Gasteiger partial charge is 0.504 e. The topological polar surface area (TPSA) is 78.0 Å². The molecule has 0 aliphatic heterocycles. The molecule has 1 N–H and O–H groups in total. The van der Waals surface area contributed by atoms with Crippen LogP contribution in [0, 0.1) is 6.92 Å². The standard InChI is InChI=1S/C21H23N3O4/c1-13(16-11-12-17(27-4)20(28-5)19(16)25)22-18-14(2)23(3)24(21(18)26)15-9-7-6-8-10-15/h6-12,25H,1-5H3. The third kappa shape index (κ3) is 3.15. The first kappa shape index (κ1) is 19.3. The summed E-state index contributed by atoms with van der Waals surface area (Å²) in [6, 6.07) is 12.7. The van der Waals surface area contributed by atoms with E-state index in [0.29, 0.717) is 28.4 Å². The van der Waals surface area contributed by atoms with Gasteiger partial charge in [-0.2, -0.15) is 0 Å². The quantitative estimate of drug-likeness (QED) is 0.688. The fourth-order valence-corrected chi connectivity index (χ4v) is 3.11. The Kier molecular flexibility index (Phi) is 5.26. The number of aliphatic imine (C=N–C) groups is 1. The molecule has 0 aliphatic rings. The molecule has 0 bridgehead atoms. The summed E-state index contributed by atoms with van der Waals surface area (Å²) in [4.78, 5) is 17.5. The number of methoxy groups -OCH3 is 2. The van der Waals surface area contributed by atoms with Gasteiger partial charge in [-0.05, 0) is 38.1 Å². The number of phenols is 1. The van der Waals surface area contributed by atoms with E-state index < -0.39 is 0 Å². The zero-order valence-corrected chi connectivity index (χ0v) is 16.6. The summed E-state index contributed by atoms with van der Waals surface area (Å²) in [6.07, 6.45) is 0. The number of phenolic OH excluding ortho intramolecular Hbond substituents is 1. The number of benzene rings is 2. The fraction of sp³-hybridized carbons (Fsp3) is 0.238. The summed E-state index contributed by atoms with van der Waals surface area (Å²) in [6.45, 7) is 3.57. The molecule has 0 saturated heterocycles. The second kappa shape index (κ2) is 7.64. The Morgan fingerprint density at radius 3 is 2.36 bits per heavy atom. The van der Waals surface area contributed by atoms with Crippen molar-refractivity contribution in [3.05, 3.63) is 64.1 Å². The first-order chi connectivity index (χ1) is 13.4. The smallest absolute Gasteiger partial charge is 0.297 e. The van der Waals surface area contributed by atoms with Gasteiger partial charge in [-0.25, -0.2) is 9.67 Å². The van der Waals surface area contributed by atoms with E-state index >= 15 is 0 Å². The van der Waals surface area contributed by atoms with Crippen molar-refractivity contribution in [2.75, 3.05) is 14.2 Å². The minimum absolute atomic E-state index is 0.0833. The van der Waals surface area contributed by atoms with Crippen LogP contribution in [0.1, 0.15) is 18.2 Å². The van der Waals surface area contributed by atoms with Gasteiger partial charge in [0.2, 0.25) is 5.75 Å². The molecule has 2 aromatic carbocycles.